The molecule has 2 saturated heterocycles. The van der Waals surface area contributed by atoms with E-state index in [1.807, 2.05) is 0 Å². The number of aromatic amines is 1. The second-order valence-electron chi connectivity index (χ2n) is 14.1. The van der Waals surface area contributed by atoms with Gasteiger partial charge in [0.05, 0.1) is 11.1 Å². The van der Waals surface area contributed by atoms with Crippen LogP contribution in [0.15, 0.2) is 24.3 Å². The minimum atomic E-state index is -0.652. The van der Waals surface area contributed by atoms with Gasteiger partial charge in [-0.3, -0.25) is 14.4 Å². The fourth-order valence-corrected chi connectivity index (χ4v) is 9.03. The van der Waals surface area contributed by atoms with Gasteiger partial charge >= 0.3 is 0 Å². The Bertz CT molecular complexity index is 1540. The van der Waals surface area contributed by atoms with Crippen LogP contribution in [-0.4, -0.2) is 65.7 Å². The van der Waals surface area contributed by atoms with Crippen LogP contribution in [0.3, 0.4) is 0 Å². The van der Waals surface area contributed by atoms with E-state index < -0.39 is 17.4 Å². The summed E-state index contributed by atoms with van der Waals surface area (Å²) in [5.41, 5.74) is 10.9. The van der Waals surface area contributed by atoms with Crippen molar-refractivity contribution in [3.63, 3.8) is 0 Å². The summed E-state index contributed by atoms with van der Waals surface area (Å²) < 4.78 is 0. The molecule has 1 aliphatic carbocycles. The number of carbonyl (C=O) groups excluding carboxylic acids is 3. The second kappa shape index (κ2) is 12.1. The van der Waals surface area contributed by atoms with Crippen molar-refractivity contribution in [2.24, 2.45) is 23.5 Å². The lowest BCUT2D eigenvalue weighted by molar-refractivity contribution is -0.130. The van der Waals surface area contributed by atoms with Crippen molar-refractivity contribution >= 4 is 39.2 Å². The Morgan fingerprint density at radius 3 is 2.36 bits per heavy atom. The van der Waals surface area contributed by atoms with Crippen molar-refractivity contribution in [1.29, 1.82) is 0 Å². The van der Waals surface area contributed by atoms with Gasteiger partial charge in [-0.25, -0.2) is 0 Å². The predicted octanol–water partition coefficient (Wildman–Crippen LogP) is 4.60. The molecule has 0 spiro atoms. The molecule has 1 saturated carbocycles. The van der Waals surface area contributed by atoms with E-state index in [2.05, 4.69) is 72.5 Å². The Kier molecular flexibility index (Phi) is 8.50. The maximum atomic E-state index is 14.0. The van der Waals surface area contributed by atoms with E-state index in [4.69, 9.17) is 5.73 Å². The van der Waals surface area contributed by atoms with Gasteiger partial charge in [0.15, 0.2) is 0 Å². The fourth-order valence-electron chi connectivity index (χ4n) is 7.83. The van der Waals surface area contributed by atoms with Gasteiger partial charge in [-0.2, -0.15) is 0 Å². The summed E-state index contributed by atoms with van der Waals surface area (Å²) in [4.78, 5) is 46.5. The zero-order valence-electron chi connectivity index (χ0n) is 26.7. The second-order valence-corrected chi connectivity index (χ2v) is 15.1. The zero-order chi connectivity index (χ0) is 31.3. The first-order valence-electron chi connectivity index (χ1n) is 16.3. The first-order valence-corrected chi connectivity index (χ1v) is 17.1. The van der Waals surface area contributed by atoms with E-state index >= 15 is 0 Å². The van der Waals surface area contributed by atoms with E-state index in [-0.39, 0.29) is 17.7 Å². The summed E-state index contributed by atoms with van der Waals surface area (Å²) in [7, 11) is 0. The van der Waals surface area contributed by atoms with Crippen molar-refractivity contribution in [3.8, 4) is 11.3 Å². The van der Waals surface area contributed by atoms with Gasteiger partial charge in [0.2, 0.25) is 11.8 Å². The van der Waals surface area contributed by atoms with E-state index in [1.54, 1.807) is 18.3 Å². The molecule has 0 radical (unpaired) electrons. The normalized spacial score (nSPS) is 23.3. The standard InChI is InChI=1S/C35H47N5O3S/c1-19-14-20(2)16-24(15-19)30-25(10-13-40-11-8-22(9-12-40)33(43)38-21(3)32(36)42)26-17-28(44-34(26)39-30)35(4,5)31(41)29-23-6-7-27(29)37-18-23/h14-17,21-23,27,29,37,39H,6-13,18H2,1-5H3,(H2,36,42)(H,38,43). The number of ketones is 1. The molecular formula is C35H47N5O3S. The molecule has 3 fully saturated rings. The number of nitrogens with one attached hydrogen (secondary N) is 3. The van der Waals surface area contributed by atoms with Crippen LogP contribution in [0.25, 0.3) is 21.5 Å². The average Bonchev–Trinajstić information content (AvgIpc) is 3.76. The molecule has 3 aromatic rings. The number of fused-ring (bicyclic) bond motifs is 3. The highest BCUT2D eigenvalue weighted by Crippen LogP contribution is 2.45. The summed E-state index contributed by atoms with van der Waals surface area (Å²) in [6.45, 7) is 13.7. The van der Waals surface area contributed by atoms with Crippen LogP contribution < -0.4 is 16.4 Å². The number of nitrogens with two attached hydrogens (primary N) is 1. The third-order valence-electron chi connectivity index (χ3n) is 10.5. The quantitative estimate of drug-likeness (QED) is 0.265. The van der Waals surface area contributed by atoms with Crippen molar-refractivity contribution in [2.45, 2.75) is 84.2 Å². The lowest BCUT2D eigenvalue weighted by atomic mass is 9.76. The molecule has 2 aliphatic heterocycles. The molecule has 44 heavy (non-hydrogen) atoms. The summed E-state index contributed by atoms with van der Waals surface area (Å²) in [5, 5.41) is 7.56. The Morgan fingerprint density at radius 2 is 1.77 bits per heavy atom. The van der Waals surface area contributed by atoms with Gasteiger partial charge in [0, 0.05) is 34.7 Å². The maximum Gasteiger partial charge on any atom is 0.239 e. The zero-order valence-corrected chi connectivity index (χ0v) is 27.5. The average molecular weight is 618 g/mol. The Balaban J connectivity index is 1.23. The molecular weight excluding hydrogens is 570 g/mol. The number of likely N-dealkylation sites (tertiary alicyclic amines) is 1. The maximum absolute atomic E-state index is 14.0. The Hall–Kier alpha value is -3.01. The van der Waals surface area contributed by atoms with Gasteiger partial charge < -0.3 is 26.3 Å². The molecule has 4 unspecified atom stereocenters. The molecule has 3 aliphatic rings. The number of thiophene rings is 1. The van der Waals surface area contributed by atoms with Crippen LogP contribution in [0.5, 0.6) is 0 Å². The summed E-state index contributed by atoms with van der Waals surface area (Å²) in [5.74, 6) is 0.296. The largest absolute Gasteiger partial charge is 0.368 e. The van der Waals surface area contributed by atoms with Crippen molar-refractivity contribution in [2.75, 3.05) is 26.2 Å². The van der Waals surface area contributed by atoms with Crippen molar-refractivity contribution < 1.29 is 14.4 Å². The summed E-state index contributed by atoms with van der Waals surface area (Å²) in [6.07, 6.45) is 4.67. The van der Waals surface area contributed by atoms with Gasteiger partial charge in [-0.1, -0.05) is 17.2 Å². The number of aromatic nitrogens is 1. The van der Waals surface area contributed by atoms with E-state index in [9.17, 15) is 14.4 Å². The highest BCUT2D eigenvalue weighted by molar-refractivity contribution is 7.19. The highest BCUT2D eigenvalue weighted by Gasteiger charge is 2.50. The number of amides is 2. The van der Waals surface area contributed by atoms with Gasteiger partial charge in [0.25, 0.3) is 0 Å². The fraction of sp³-hybridized carbons (Fsp3) is 0.571. The molecule has 9 heteroatoms. The molecule has 2 bridgehead atoms. The minimum absolute atomic E-state index is 0.0789. The molecule has 6 rings (SSSR count). The Labute approximate surface area is 264 Å². The number of H-pyrrole nitrogens is 1. The van der Waals surface area contributed by atoms with Crippen molar-refractivity contribution in [1.82, 2.24) is 20.5 Å². The number of Topliss-reactive ketones (excluding diaryl/α,β-unsaturated/α-hetero) is 1. The number of rotatable bonds is 10. The van der Waals surface area contributed by atoms with Crippen LogP contribution in [0.2, 0.25) is 0 Å². The predicted molar refractivity (Wildman–Crippen MR) is 177 cm³/mol. The van der Waals surface area contributed by atoms with E-state index in [1.165, 1.54) is 33.3 Å². The van der Waals surface area contributed by atoms with E-state index in [0.29, 0.717) is 17.7 Å². The highest BCUT2D eigenvalue weighted by atomic mass is 32.1. The van der Waals surface area contributed by atoms with Crippen LogP contribution in [0, 0.1) is 31.6 Å². The molecule has 2 aromatic heterocycles. The third kappa shape index (κ3) is 5.86. The molecule has 1 aromatic carbocycles. The van der Waals surface area contributed by atoms with Gasteiger partial charge in [-0.05, 0) is 122 Å². The first-order chi connectivity index (χ1) is 20.9. The van der Waals surface area contributed by atoms with E-state index in [0.717, 1.165) is 68.0 Å². The molecule has 2 amide bonds. The summed E-state index contributed by atoms with van der Waals surface area (Å²) in [6, 6.07) is 8.68. The lowest BCUT2D eigenvalue weighted by Crippen LogP contribution is -2.47. The summed E-state index contributed by atoms with van der Waals surface area (Å²) >= 11 is 1.74. The number of nitrogens with zero attached hydrogens (tertiary/aromatic N) is 1. The minimum Gasteiger partial charge on any atom is -0.368 e. The number of benzene rings is 1. The van der Waals surface area contributed by atoms with Gasteiger partial charge in [-0.15, -0.1) is 11.3 Å². The van der Waals surface area contributed by atoms with Crippen LogP contribution in [0.4, 0.5) is 0 Å². The lowest BCUT2D eigenvalue weighted by Gasteiger charge is -2.31. The van der Waals surface area contributed by atoms with Crippen LogP contribution in [-0.2, 0) is 26.2 Å². The number of hydrogen-bond acceptors (Lipinski definition) is 6. The molecule has 4 heterocycles. The Morgan fingerprint density at radius 1 is 1.07 bits per heavy atom. The molecule has 5 N–H and O–H groups in total. The first kappa shape index (κ1) is 31.0. The monoisotopic (exact) mass is 617 g/mol. The van der Waals surface area contributed by atoms with Crippen LogP contribution >= 0.6 is 11.3 Å². The number of primary amides is 1. The van der Waals surface area contributed by atoms with Gasteiger partial charge in [0.1, 0.15) is 16.7 Å². The third-order valence-corrected chi connectivity index (χ3v) is 11.9. The topological polar surface area (TPSA) is 120 Å². The van der Waals surface area contributed by atoms with Crippen LogP contribution in [0.1, 0.15) is 68.0 Å². The molecule has 4 atom stereocenters. The molecule has 236 valence electrons. The van der Waals surface area contributed by atoms with Crippen molar-refractivity contribution in [3.05, 3.63) is 45.8 Å². The number of piperidine rings is 2. The SMILES string of the molecule is Cc1cc(C)cc(-c2[nH]c3sc(C(C)(C)C(=O)C4C5CCC4NC5)cc3c2CCN2CCC(C(=O)NC(C)C(N)=O)CC2)c1. The number of aryl methyl sites for hydroxylation is 2. The smallest absolute Gasteiger partial charge is 0.239 e. The number of carbonyl (C=O) groups is 3. The number of hydrogen-bond donors (Lipinski definition) is 4. The molecule has 8 nitrogen and oxygen atoms in total.